The lowest BCUT2D eigenvalue weighted by Crippen LogP contribution is -2.45. The van der Waals surface area contributed by atoms with Crippen LogP contribution in [0.25, 0.3) is 0 Å². The van der Waals surface area contributed by atoms with Gasteiger partial charge in [-0.25, -0.2) is 8.42 Å². The van der Waals surface area contributed by atoms with Crippen molar-refractivity contribution in [3.8, 4) is 0 Å². The molecule has 0 radical (unpaired) electrons. The summed E-state index contributed by atoms with van der Waals surface area (Å²) >= 11 is 3.46. The summed E-state index contributed by atoms with van der Waals surface area (Å²) in [6.07, 6.45) is 1.20. The maximum Gasteiger partial charge on any atom is 0.236 e. The second-order valence-corrected chi connectivity index (χ2v) is 8.97. The van der Waals surface area contributed by atoms with Gasteiger partial charge in [0.2, 0.25) is 5.91 Å². The van der Waals surface area contributed by atoms with E-state index >= 15 is 0 Å². The van der Waals surface area contributed by atoms with Gasteiger partial charge in [-0.3, -0.25) is 4.79 Å². The van der Waals surface area contributed by atoms with Gasteiger partial charge in [0.15, 0.2) is 0 Å². The molecule has 1 amide bonds. The normalized spacial score (nSPS) is 23.1. The molecule has 7 heteroatoms. The summed E-state index contributed by atoms with van der Waals surface area (Å²) in [5.74, 6) is 3.00. The van der Waals surface area contributed by atoms with Crippen molar-refractivity contribution in [2.45, 2.75) is 18.2 Å². The number of nitrogens with zero attached hydrogens (tertiary/aromatic N) is 1. The lowest BCUT2D eigenvalue weighted by Gasteiger charge is -2.29. The van der Waals surface area contributed by atoms with E-state index in [0.29, 0.717) is 0 Å². The van der Waals surface area contributed by atoms with Crippen LogP contribution < -0.4 is 0 Å². The van der Waals surface area contributed by atoms with Gasteiger partial charge in [-0.05, 0) is 6.92 Å². The molecule has 1 heterocycles. The van der Waals surface area contributed by atoms with E-state index in [2.05, 4.69) is 0 Å². The Morgan fingerprint density at radius 2 is 2.12 bits per heavy atom. The van der Waals surface area contributed by atoms with E-state index in [-0.39, 0.29) is 23.0 Å². The van der Waals surface area contributed by atoms with Gasteiger partial charge >= 0.3 is 0 Å². The average Bonchev–Trinajstić information content (AvgIpc) is 2.26. The molecule has 0 aromatic rings. The second kappa shape index (κ2) is 6.33. The SMILES string of the molecule is C[C@@H](CS(C)(=O)=O)N(C)C(=O)[C@@H]1CSCCS1. The molecular weight excluding hydrogens is 278 g/mol. The van der Waals surface area contributed by atoms with Gasteiger partial charge in [0.25, 0.3) is 0 Å². The molecule has 100 valence electrons. The quantitative estimate of drug-likeness (QED) is 0.765. The minimum Gasteiger partial charge on any atom is -0.341 e. The van der Waals surface area contributed by atoms with E-state index in [1.807, 2.05) is 0 Å². The first-order chi connectivity index (χ1) is 7.81. The predicted octanol–water partition coefficient (Wildman–Crippen LogP) is 0.727. The van der Waals surface area contributed by atoms with Gasteiger partial charge in [0, 0.05) is 36.6 Å². The van der Waals surface area contributed by atoms with Crippen LogP contribution >= 0.6 is 23.5 Å². The van der Waals surface area contributed by atoms with Crippen molar-refractivity contribution in [2.75, 3.05) is 36.3 Å². The van der Waals surface area contributed by atoms with Crippen molar-refractivity contribution in [1.29, 1.82) is 0 Å². The van der Waals surface area contributed by atoms with Crippen molar-refractivity contribution < 1.29 is 13.2 Å². The van der Waals surface area contributed by atoms with Crippen LogP contribution in [0.2, 0.25) is 0 Å². The molecule has 0 aromatic heterocycles. The van der Waals surface area contributed by atoms with Crippen LogP contribution in [0.4, 0.5) is 0 Å². The summed E-state index contributed by atoms with van der Waals surface area (Å²) < 4.78 is 22.4. The summed E-state index contributed by atoms with van der Waals surface area (Å²) in [6, 6.07) is -0.259. The van der Waals surface area contributed by atoms with Crippen LogP contribution in [0.3, 0.4) is 0 Å². The number of hydrogen-bond acceptors (Lipinski definition) is 5. The molecule has 0 saturated carbocycles. The molecule has 0 bridgehead atoms. The molecule has 1 rings (SSSR count). The highest BCUT2D eigenvalue weighted by Gasteiger charge is 2.28. The molecule has 0 spiro atoms. The van der Waals surface area contributed by atoms with E-state index in [1.54, 1.807) is 42.4 Å². The lowest BCUT2D eigenvalue weighted by atomic mass is 10.3. The first kappa shape index (κ1) is 15.2. The van der Waals surface area contributed by atoms with Gasteiger partial charge < -0.3 is 4.90 Å². The van der Waals surface area contributed by atoms with E-state index < -0.39 is 9.84 Å². The average molecular weight is 297 g/mol. The second-order valence-electron chi connectivity index (χ2n) is 4.32. The zero-order chi connectivity index (χ0) is 13.1. The van der Waals surface area contributed by atoms with E-state index in [9.17, 15) is 13.2 Å². The molecule has 17 heavy (non-hydrogen) atoms. The molecule has 1 aliphatic rings. The fourth-order valence-corrected chi connectivity index (χ4v) is 5.37. The molecule has 2 atom stereocenters. The molecule has 0 N–H and O–H groups in total. The minimum atomic E-state index is -3.04. The van der Waals surface area contributed by atoms with Gasteiger partial charge in [0.1, 0.15) is 9.84 Å². The van der Waals surface area contributed by atoms with Crippen LogP contribution in [-0.4, -0.2) is 66.8 Å². The Bertz CT molecular complexity index is 363. The summed E-state index contributed by atoms with van der Waals surface area (Å²) in [4.78, 5) is 13.7. The highest BCUT2D eigenvalue weighted by atomic mass is 32.2. The molecule has 4 nitrogen and oxygen atoms in total. The van der Waals surface area contributed by atoms with Crippen LogP contribution in [0.1, 0.15) is 6.92 Å². The molecule has 0 aliphatic carbocycles. The number of thioether (sulfide) groups is 2. The van der Waals surface area contributed by atoms with E-state index in [1.165, 1.54) is 6.26 Å². The number of sulfone groups is 1. The Morgan fingerprint density at radius 1 is 1.47 bits per heavy atom. The van der Waals surface area contributed by atoms with Crippen molar-refractivity contribution in [2.24, 2.45) is 0 Å². The molecule has 0 unspecified atom stereocenters. The fourth-order valence-electron chi connectivity index (χ4n) is 1.62. The van der Waals surface area contributed by atoms with Gasteiger partial charge in [-0.15, -0.1) is 11.8 Å². The first-order valence-corrected chi connectivity index (χ1v) is 9.71. The molecule has 0 aromatic carbocycles. The van der Waals surface area contributed by atoms with Crippen molar-refractivity contribution >= 4 is 39.3 Å². The van der Waals surface area contributed by atoms with E-state index in [4.69, 9.17) is 0 Å². The summed E-state index contributed by atoms with van der Waals surface area (Å²) in [6.45, 7) is 1.78. The Morgan fingerprint density at radius 3 is 2.59 bits per heavy atom. The standard InChI is InChI=1S/C10H19NO3S3/c1-8(7-17(3,13)14)11(2)10(12)9-6-15-4-5-16-9/h8-9H,4-7H2,1-3H3/t8-,9-/m0/s1. The fraction of sp³-hybridized carbons (Fsp3) is 0.900. The maximum absolute atomic E-state index is 12.1. The van der Waals surface area contributed by atoms with Gasteiger partial charge in [-0.2, -0.15) is 11.8 Å². The minimum absolute atomic E-state index is 0.0132. The highest BCUT2D eigenvalue weighted by molar-refractivity contribution is 8.07. The number of carbonyl (C=O) groups is 1. The smallest absolute Gasteiger partial charge is 0.236 e. The summed E-state index contributed by atoms with van der Waals surface area (Å²) in [5.41, 5.74) is 0. The first-order valence-electron chi connectivity index (χ1n) is 5.45. The monoisotopic (exact) mass is 297 g/mol. The Kier molecular flexibility index (Phi) is 5.66. The van der Waals surface area contributed by atoms with Gasteiger partial charge in [0.05, 0.1) is 11.0 Å². The van der Waals surface area contributed by atoms with Crippen molar-refractivity contribution in [1.82, 2.24) is 4.90 Å². The lowest BCUT2D eigenvalue weighted by molar-refractivity contribution is -0.130. The largest absolute Gasteiger partial charge is 0.341 e. The number of amides is 1. The third-order valence-electron chi connectivity index (χ3n) is 2.64. The molecular formula is C10H19NO3S3. The number of rotatable bonds is 4. The van der Waals surface area contributed by atoms with Crippen LogP contribution in [0, 0.1) is 0 Å². The molecule has 1 aliphatic heterocycles. The van der Waals surface area contributed by atoms with Crippen LogP contribution in [0.15, 0.2) is 0 Å². The maximum atomic E-state index is 12.1. The Hall–Kier alpha value is 0.120. The molecule has 1 fully saturated rings. The zero-order valence-electron chi connectivity index (χ0n) is 10.4. The topological polar surface area (TPSA) is 54.5 Å². The zero-order valence-corrected chi connectivity index (χ0v) is 12.8. The number of carbonyl (C=O) groups excluding carboxylic acids is 1. The van der Waals surface area contributed by atoms with E-state index in [0.717, 1.165) is 17.3 Å². The van der Waals surface area contributed by atoms with Crippen LogP contribution in [-0.2, 0) is 14.6 Å². The summed E-state index contributed by atoms with van der Waals surface area (Å²) in [5, 5.41) is -0.0132. The van der Waals surface area contributed by atoms with Crippen molar-refractivity contribution in [3.05, 3.63) is 0 Å². The van der Waals surface area contributed by atoms with Gasteiger partial charge in [-0.1, -0.05) is 0 Å². The Balaban J connectivity index is 2.55. The van der Waals surface area contributed by atoms with Crippen molar-refractivity contribution in [3.63, 3.8) is 0 Å². The third kappa shape index (κ3) is 5.09. The van der Waals surface area contributed by atoms with Crippen LogP contribution in [0.5, 0.6) is 0 Å². The predicted molar refractivity (Wildman–Crippen MR) is 75.5 cm³/mol. The summed E-state index contributed by atoms with van der Waals surface area (Å²) in [7, 11) is -1.35. The molecule has 1 saturated heterocycles. The highest BCUT2D eigenvalue weighted by Crippen LogP contribution is 2.25. The Labute approximate surface area is 112 Å². The number of hydrogen-bond donors (Lipinski definition) is 0. The third-order valence-corrected chi connectivity index (χ3v) is 6.47.